The fraction of sp³-hybridized carbons (Fsp3) is 0. The highest BCUT2D eigenvalue weighted by Gasteiger charge is 2.18. The Morgan fingerprint density at radius 1 is 0.357 bits per heavy atom. The summed E-state index contributed by atoms with van der Waals surface area (Å²) in [5.74, 6) is 0.632. The monoisotopic (exact) mass is 714 g/mol. The molecule has 11 rings (SSSR count). The predicted molar refractivity (Wildman–Crippen MR) is 235 cm³/mol. The van der Waals surface area contributed by atoms with Gasteiger partial charge in [0.25, 0.3) is 0 Å². The Labute approximate surface area is 324 Å². The van der Waals surface area contributed by atoms with Crippen molar-refractivity contribution in [2.24, 2.45) is 0 Å². The lowest BCUT2D eigenvalue weighted by Gasteiger charge is -2.28. The van der Waals surface area contributed by atoms with Crippen LogP contribution in [0.15, 0.2) is 211 Å². The standard InChI is InChI=1S/C53H34N2O/c1-2-16-44(17-3-1)55(45-27-23-37(24-28-45)47-20-10-15-36-12-6-8-18-46(36)47)51-34-43(33-40-14-7-9-19-48(40)51)39-25-29-49-41(31-39)26-30-50-52(49)56-53(54-50)42-22-21-35-11-4-5-13-38(35)32-42/h1-34H. The molecule has 0 amide bonds. The Hall–Kier alpha value is -7.49. The molecule has 0 saturated heterocycles. The number of fused-ring (bicyclic) bond motifs is 6. The molecule has 1 heterocycles. The molecule has 0 bridgehead atoms. The largest absolute Gasteiger partial charge is 0.435 e. The van der Waals surface area contributed by atoms with E-state index in [9.17, 15) is 0 Å². The highest BCUT2D eigenvalue weighted by molar-refractivity contribution is 6.07. The van der Waals surface area contributed by atoms with Crippen molar-refractivity contribution in [2.75, 3.05) is 4.90 Å². The van der Waals surface area contributed by atoms with Crippen LogP contribution in [0, 0.1) is 0 Å². The van der Waals surface area contributed by atoms with E-state index in [0.717, 1.165) is 55.6 Å². The second-order valence-electron chi connectivity index (χ2n) is 14.4. The average Bonchev–Trinajstić information content (AvgIpc) is 3.72. The van der Waals surface area contributed by atoms with Gasteiger partial charge in [-0.1, -0.05) is 140 Å². The molecule has 0 fully saturated rings. The Kier molecular flexibility index (Phi) is 7.49. The van der Waals surface area contributed by atoms with Gasteiger partial charge in [0.05, 0.1) is 5.69 Å². The quantitative estimate of drug-likeness (QED) is 0.172. The number of anilines is 3. The Balaban J connectivity index is 1.02. The van der Waals surface area contributed by atoms with E-state index >= 15 is 0 Å². The normalized spacial score (nSPS) is 11.6. The van der Waals surface area contributed by atoms with Gasteiger partial charge in [-0.25, -0.2) is 4.98 Å². The van der Waals surface area contributed by atoms with Crippen LogP contribution in [-0.2, 0) is 0 Å². The first-order valence-electron chi connectivity index (χ1n) is 19.0. The number of oxazole rings is 1. The molecule has 0 aliphatic heterocycles. The van der Waals surface area contributed by atoms with E-state index < -0.39 is 0 Å². The third-order valence-corrected chi connectivity index (χ3v) is 11.0. The first kappa shape index (κ1) is 32.0. The molecule has 0 aliphatic rings. The van der Waals surface area contributed by atoms with Crippen LogP contribution >= 0.6 is 0 Å². The minimum Gasteiger partial charge on any atom is -0.435 e. The van der Waals surface area contributed by atoms with Gasteiger partial charge >= 0.3 is 0 Å². The second-order valence-corrected chi connectivity index (χ2v) is 14.4. The van der Waals surface area contributed by atoms with E-state index in [0.29, 0.717) is 5.89 Å². The van der Waals surface area contributed by atoms with Gasteiger partial charge in [0.15, 0.2) is 5.58 Å². The summed E-state index contributed by atoms with van der Waals surface area (Å²) >= 11 is 0. The average molecular weight is 715 g/mol. The molecule has 262 valence electrons. The number of aromatic nitrogens is 1. The van der Waals surface area contributed by atoms with Gasteiger partial charge in [0.1, 0.15) is 5.52 Å². The Bertz CT molecular complexity index is 3250. The fourth-order valence-electron chi connectivity index (χ4n) is 8.25. The van der Waals surface area contributed by atoms with E-state index in [1.165, 1.54) is 43.4 Å². The zero-order chi connectivity index (χ0) is 37.0. The minimum atomic E-state index is 0.632. The molecule has 0 spiro atoms. The second kappa shape index (κ2) is 13.1. The van der Waals surface area contributed by atoms with Gasteiger partial charge in [-0.2, -0.15) is 0 Å². The molecule has 1 aromatic heterocycles. The topological polar surface area (TPSA) is 29.3 Å². The van der Waals surface area contributed by atoms with Crippen molar-refractivity contribution in [1.29, 1.82) is 0 Å². The molecular formula is C53H34N2O. The highest BCUT2D eigenvalue weighted by Crippen LogP contribution is 2.43. The molecule has 0 aliphatic carbocycles. The number of benzene rings is 10. The fourth-order valence-corrected chi connectivity index (χ4v) is 8.25. The number of rotatable bonds is 6. The smallest absolute Gasteiger partial charge is 0.227 e. The number of para-hydroxylation sites is 1. The van der Waals surface area contributed by atoms with Gasteiger partial charge in [-0.3, -0.25) is 0 Å². The lowest BCUT2D eigenvalue weighted by Crippen LogP contribution is -2.10. The van der Waals surface area contributed by atoms with Crippen LogP contribution in [0.3, 0.4) is 0 Å². The molecule has 3 heteroatoms. The molecule has 10 aromatic carbocycles. The van der Waals surface area contributed by atoms with Crippen LogP contribution in [0.25, 0.3) is 87.9 Å². The van der Waals surface area contributed by atoms with Crippen LogP contribution in [0.2, 0.25) is 0 Å². The molecule has 0 saturated carbocycles. The predicted octanol–water partition coefficient (Wildman–Crippen LogP) is 14.9. The lowest BCUT2D eigenvalue weighted by atomic mass is 9.96. The van der Waals surface area contributed by atoms with Crippen LogP contribution in [0.4, 0.5) is 17.1 Å². The van der Waals surface area contributed by atoms with E-state index in [1.807, 2.05) is 0 Å². The van der Waals surface area contributed by atoms with Gasteiger partial charge in [0.2, 0.25) is 5.89 Å². The van der Waals surface area contributed by atoms with E-state index in [1.54, 1.807) is 0 Å². The molecular weight excluding hydrogens is 681 g/mol. The van der Waals surface area contributed by atoms with Crippen molar-refractivity contribution in [3.8, 4) is 33.7 Å². The van der Waals surface area contributed by atoms with Crippen molar-refractivity contribution in [2.45, 2.75) is 0 Å². The summed E-state index contributed by atoms with van der Waals surface area (Å²) in [5, 5.41) is 9.38. The number of hydrogen-bond acceptors (Lipinski definition) is 3. The van der Waals surface area contributed by atoms with Gasteiger partial charge in [0, 0.05) is 27.7 Å². The molecule has 3 nitrogen and oxygen atoms in total. The van der Waals surface area contributed by atoms with Crippen molar-refractivity contribution in [3.05, 3.63) is 206 Å². The van der Waals surface area contributed by atoms with Crippen LogP contribution in [0.5, 0.6) is 0 Å². The SMILES string of the molecule is c1ccc(N(c2ccc(-c3cccc4ccccc34)cc2)c2cc(-c3ccc4c(ccc5nc(-c6ccc7ccccc7c6)oc54)c3)cc3ccccc23)cc1. The number of hydrogen-bond donors (Lipinski definition) is 0. The highest BCUT2D eigenvalue weighted by atomic mass is 16.3. The molecule has 0 radical (unpaired) electrons. The maximum atomic E-state index is 6.51. The van der Waals surface area contributed by atoms with Crippen molar-refractivity contribution in [3.63, 3.8) is 0 Å². The third kappa shape index (κ3) is 5.49. The van der Waals surface area contributed by atoms with Crippen molar-refractivity contribution >= 4 is 71.3 Å². The summed E-state index contributed by atoms with van der Waals surface area (Å²) in [6, 6.07) is 73.7. The number of nitrogens with zero attached hydrogens (tertiary/aromatic N) is 2. The molecule has 0 N–H and O–H groups in total. The van der Waals surface area contributed by atoms with E-state index in [2.05, 4.69) is 211 Å². The summed E-state index contributed by atoms with van der Waals surface area (Å²) < 4.78 is 6.51. The first-order valence-corrected chi connectivity index (χ1v) is 19.0. The first-order chi connectivity index (χ1) is 27.7. The zero-order valence-electron chi connectivity index (χ0n) is 30.4. The molecule has 0 atom stereocenters. The summed E-state index contributed by atoms with van der Waals surface area (Å²) in [6.07, 6.45) is 0. The minimum absolute atomic E-state index is 0.632. The maximum Gasteiger partial charge on any atom is 0.227 e. The molecule has 11 aromatic rings. The maximum absolute atomic E-state index is 6.51. The van der Waals surface area contributed by atoms with Gasteiger partial charge in [-0.15, -0.1) is 0 Å². The van der Waals surface area contributed by atoms with Gasteiger partial charge < -0.3 is 9.32 Å². The summed E-state index contributed by atoms with van der Waals surface area (Å²) in [5.41, 5.74) is 10.6. The lowest BCUT2D eigenvalue weighted by molar-refractivity contribution is 0.623. The summed E-state index contributed by atoms with van der Waals surface area (Å²) in [6.45, 7) is 0. The Morgan fingerprint density at radius 2 is 0.964 bits per heavy atom. The van der Waals surface area contributed by atoms with Gasteiger partial charge in [-0.05, 0) is 121 Å². The van der Waals surface area contributed by atoms with Crippen molar-refractivity contribution in [1.82, 2.24) is 4.98 Å². The zero-order valence-corrected chi connectivity index (χ0v) is 30.4. The van der Waals surface area contributed by atoms with E-state index in [-0.39, 0.29) is 0 Å². The third-order valence-electron chi connectivity index (χ3n) is 11.0. The van der Waals surface area contributed by atoms with Crippen LogP contribution in [0.1, 0.15) is 0 Å². The Morgan fingerprint density at radius 3 is 1.82 bits per heavy atom. The molecule has 56 heavy (non-hydrogen) atoms. The van der Waals surface area contributed by atoms with Crippen molar-refractivity contribution < 1.29 is 4.42 Å². The summed E-state index contributed by atoms with van der Waals surface area (Å²) in [7, 11) is 0. The van der Waals surface area contributed by atoms with Crippen LogP contribution < -0.4 is 4.90 Å². The molecule has 0 unspecified atom stereocenters. The summed E-state index contributed by atoms with van der Waals surface area (Å²) in [4.78, 5) is 7.29. The van der Waals surface area contributed by atoms with Crippen LogP contribution in [-0.4, -0.2) is 4.98 Å². The van der Waals surface area contributed by atoms with E-state index in [4.69, 9.17) is 9.40 Å².